The van der Waals surface area contributed by atoms with Gasteiger partial charge in [0.1, 0.15) is 0 Å². The number of rotatable bonds is 4. The Morgan fingerprint density at radius 2 is 1.71 bits per heavy atom. The Morgan fingerprint density at radius 1 is 1.12 bits per heavy atom. The molecule has 0 radical (unpaired) electrons. The highest BCUT2D eigenvalue weighted by molar-refractivity contribution is 7.89. The van der Waals surface area contributed by atoms with Gasteiger partial charge in [0.2, 0.25) is 10.0 Å². The van der Waals surface area contributed by atoms with Crippen molar-refractivity contribution in [2.45, 2.75) is 19.3 Å². The van der Waals surface area contributed by atoms with Crippen molar-refractivity contribution in [1.82, 2.24) is 4.31 Å². The standard InChI is InChI=1S/C12H16ClNO2S/c13-12-5-3-11(4-6-12)7-10-17(15,16)14-8-1-2-9-14/h3-6H,1-2,7-10H2. The molecule has 0 unspecified atom stereocenters. The fraction of sp³-hybridized carbons (Fsp3) is 0.500. The molecule has 0 saturated carbocycles. The minimum absolute atomic E-state index is 0.189. The molecule has 0 aliphatic carbocycles. The van der Waals surface area contributed by atoms with Crippen molar-refractivity contribution in [3.63, 3.8) is 0 Å². The summed E-state index contributed by atoms with van der Waals surface area (Å²) in [5.41, 5.74) is 1.01. The van der Waals surface area contributed by atoms with Gasteiger partial charge in [0.15, 0.2) is 0 Å². The number of aryl methyl sites for hydroxylation is 1. The minimum atomic E-state index is -3.07. The van der Waals surface area contributed by atoms with Gasteiger partial charge < -0.3 is 0 Å². The normalized spacial score (nSPS) is 17.5. The van der Waals surface area contributed by atoms with Crippen LogP contribution < -0.4 is 0 Å². The predicted octanol–water partition coefficient (Wildman–Crippen LogP) is 2.31. The second kappa shape index (κ2) is 5.38. The number of hydrogen-bond acceptors (Lipinski definition) is 2. The Bertz CT molecular complexity index is 464. The van der Waals surface area contributed by atoms with Gasteiger partial charge in [0, 0.05) is 18.1 Å². The van der Waals surface area contributed by atoms with Gasteiger partial charge in [-0.3, -0.25) is 0 Å². The van der Waals surface area contributed by atoms with E-state index in [-0.39, 0.29) is 5.75 Å². The lowest BCUT2D eigenvalue weighted by atomic mass is 10.2. The van der Waals surface area contributed by atoms with Crippen molar-refractivity contribution in [3.8, 4) is 0 Å². The second-order valence-corrected chi connectivity index (χ2v) is 6.82. The molecule has 1 aromatic rings. The van der Waals surface area contributed by atoms with E-state index >= 15 is 0 Å². The monoisotopic (exact) mass is 273 g/mol. The third kappa shape index (κ3) is 3.44. The lowest BCUT2D eigenvalue weighted by molar-refractivity contribution is 0.477. The first-order chi connectivity index (χ1) is 8.08. The molecule has 5 heteroatoms. The van der Waals surface area contributed by atoms with E-state index in [1.807, 2.05) is 12.1 Å². The molecule has 1 heterocycles. The lowest BCUT2D eigenvalue weighted by Crippen LogP contribution is -2.30. The largest absolute Gasteiger partial charge is 0.214 e. The van der Waals surface area contributed by atoms with E-state index in [9.17, 15) is 8.42 Å². The van der Waals surface area contributed by atoms with Gasteiger partial charge in [0.25, 0.3) is 0 Å². The van der Waals surface area contributed by atoms with Crippen LogP contribution in [0.5, 0.6) is 0 Å². The molecule has 1 aromatic carbocycles. The van der Waals surface area contributed by atoms with Crippen LogP contribution in [0.1, 0.15) is 18.4 Å². The van der Waals surface area contributed by atoms with Gasteiger partial charge >= 0.3 is 0 Å². The third-order valence-electron chi connectivity index (χ3n) is 3.02. The van der Waals surface area contributed by atoms with Crippen LogP contribution in [0.15, 0.2) is 24.3 Å². The molecule has 94 valence electrons. The molecule has 0 spiro atoms. The fourth-order valence-electron chi connectivity index (χ4n) is 1.99. The minimum Gasteiger partial charge on any atom is -0.212 e. The Kier molecular flexibility index (Phi) is 4.07. The summed E-state index contributed by atoms with van der Waals surface area (Å²) in [6.07, 6.45) is 2.52. The zero-order valence-electron chi connectivity index (χ0n) is 9.60. The van der Waals surface area contributed by atoms with Crippen LogP contribution in [0.2, 0.25) is 5.02 Å². The summed E-state index contributed by atoms with van der Waals surface area (Å²) in [6.45, 7) is 1.37. The molecule has 1 saturated heterocycles. The van der Waals surface area contributed by atoms with Gasteiger partial charge in [-0.1, -0.05) is 23.7 Å². The van der Waals surface area contributed by atoms with E-state index in [0.29, 0.717) is 24.5 Å². The van der Waals surface area contributed by atoms with Crippen molar-refractivity contribution < 1.29 is 8.42 Å². The Hall–Kier alpha value is -0.580. The van der Waals surface area contributed by atoms with Crippen LogP contribution >= 0.6 is 11.6 Å². The molecule has 2 rings (SSSR count). The lowest BCUT2D eigenvalue weighted by Gasteiger charge is -2.15. The fourth-order valence-corrected chi connectivity index (χ4v) is 3.69. The van der Waals surface area contributed by atoms with Gasteiger partial charge in [-0.05, 0) is 37.0 Å². The summed E-state index contributed by atoms with van der Waals surface area (Å²) in [6, 6.07) is 7.34. The first kappa shape index (κ1) is 12.9. The molecule has 0 amide bonds. The quantitative estimate of drug-likeness (QED) is 0.844. The van der Waals surface area contributed by atoms with Crippen molar-refractivity contribution in [2.24, 2.45) is 0 Å². The van der Waals surface area contributed by atoms with Crippen molar-refractivity contribution in [3.05, 3.63) is 34.9 Å². The van der Waals surface area contributed by atoms with Crippen molar-refractivity contribution in [1.29, 1.82) is 0 Å². The maximum atomic E-state index is 12.0. The number of benzene rings is 1. The Labute approximate surface area is 107 Å². The van der Waals surface area contributed by atoms with E-state index in [4.69, 9.17) is 11.6 Å². The van der Waals surface area contributed by atoms with E-state index in [0.717, 1.165) is 18.4 Å². The molecular weight excluding hydrogens is 258 g/mol. The van der Waals surface area contributed by atoms with Crippen LogP contribution in [0, 0.1) is 0 Å². The summed E-state index contributed by atoms with van der Waals surface area (Å²) < 4.78 is 25.5. The van der Waals surface area contributed by atoms with Crippen molar-refractivity contribution in [2.75, 3.05) is 18.8 Å². The Morgan fingerprint density at radius 3 is 2.29 bits per heavy atom. The molecule has 0 atom stereocenters. The van der Waals surface area contributed by atoms with Gasteiger partial charge in [-0.15, -0.1) is 0 Å². The summed E-state index contributed by atoms with van der Waals surface area (Å²) in [4.78, 5) is 0. The smallest absolute Gasteiger partial charge is 0.212 e. The number of halogens is 1. The van der Waals surface area contributed by atoms with Crippen LogP contribution in [0.4, 0.5) is 0 Å². The zero-order valence-corrected chi connectivity index (χ0v) is 11.2. The highest BCUT2D eigenvalue weighted by atomic mass is 35.5. The second-order valence-electron chi connectivity index (χ2n) is 4.30. The van der Waals surface area contributed by atoms with Crippen LogP contribution in [0.25, 0.3) is 0 Å². The van der Waals surface area contributed by atoms with Crippen LogP contribution in [-0.4, -0.2) is 31.6 Å². The summed E-state index contributed by atoms with van der Waals surface area (Å²) in [5, 5.41) is 0.677. The maximum Gasteiger partial charge on any atom is 0.214 e. The summed E-state index contributed by atoms with van der Waals surface area (Å²) >= 11 is 5.78. The maximum absolute atomic E-state index is 12.0. The first-order valence-corrected chi connectivity index (χ1v) is 7.79. The molecule has 17 heavy (non-hydrogen) atoms. The zero-order chi connectivity index (χ0) is 12.3. The summed E-state index contributed by atoms with van der Waals surface area (Å²) in [7, 11) is -3.07. The average molecular weight is 274 g/mol. The first-order valence-electron chi connectivity index (χ1n) is 5.80. The van der Waals surface area contributed by atoms with Gasteiger partial charge in [0.05, 0.1) is 5.75 Å². The van der Waals surface area contributed by atoms with Gasteiger partial charge in [-0.2, -0.15) is 0 Å². The molecule has 3 nitrogen and oxygen atoms in total. The van der Waals surface area contributed by atoms with Gasteiger partial charge in [-0.25, -0.2) is 12.7 Å². The predicted molar refractivity (Wildman–Crippen MR) is 69.7 cm³/mol. The van der Waals surface area contributed by atoms with Crippen LogP contribution in [0.3, 0.4) is 0 Å². The highest BCUT2D eigenvalue weighted by Gasteiger charge is 2.24. The molecule has 1 aliphatic rings. The van der Waals surface area contributed by atoms with Crippen molar-refractivity contribution >= 4 is 21.6 Å². The van der Waals surface area contributed by atoms with E-state index < -0.39 is 10.0 Å². The topological polar surface area (TPSA) is 37.4 Å². The van der Waals surface area contributed by atoms with E-state index in [1.165, 1.54) is 0 Å². The molecule has 1 aliphatic heterocycles. The molecule has 1 fully saturated rings. The summed E-state index contributed by atoms with van der Waals surface area (Å²) in [5.74, 6) is 0.189. The number of sulfonamides is 1. The highest BCUT2D eigenvalue weighted by Crippen LogP contribution is 2.15. The molecule has 0 aromatic heterocycles. The molecular formula is C12H16ClNO2S. The molecule has 0 bridgehead atoms. The van der Waals surface area contributed by atoms with E-state index in [2.05, 4.69) is 0 Å². The van der Waals surface area contributed by atoms with E-state index in [1.54, 1.807) is 16.4 Å². The number of nitrogens with zero attached hydrogens (tertiary/aromatic N) is 1. The SMILES string of the molecule is O=S(=O)(CCc1ccc(Cl)cc1)N1CCCC1. The average Bonchev–Trinajstić information content (AvgIpc) is 2.82. The Balaban J connectivity index is 1.95. The third-order valence-corrected chi connectivity index (χ3v) is 5.14. The molecule has 0 N–H and O–H groups in total. The number of hydrogen-bond donors (Lipinski definition) is 0. The van der Waals surface area contributed by atoms with Crippen LogP contribution in [-0.2, 0) is 16.4 Å².